The van der Waals surface area contributed by atoms with Crippen LogP contribution < -0.4 is 5.73 Å². The molecule has 1 aliphatic rings. The number of rotatable bonds is 2. The van der Waals surface area contributed by atoms with Gasteiger partial charge < -0.3 is 15.2 Å². The van der Waals surface area contributed by atoms with Crippen molar-refractivity contribution in [3.63, 3.8) is 0 Å². The molecule has 14 heavy (non-hydrogen) atoms. The number of hydrogen-bond donors (Lipinski definition) is 1. The molecule has 0 saturated carbocycles. The SMILES string of the molecule is CC1(CC(N)C(F)(F)F)OCCCO1. The fraction of sp³-hybridized carbons (Fsp3) is 1.00. The molecule has 0 bridgehead atoms. The van der Waals surface area contributed by atoms with Crippen molar-refractivity contribution in [1.82, 2.24) is 0 Å². The Hall–Kier alpha value is -0.330. The van der Waals surface area contributed by atoms with E-state index in [1.807, 2.05) is 0 Å². The second-order valence-corrected chi connectivity index (χ2v) is 3.54. The Morgan fingerprint density at radius 2 is 1.86 bits per heavy atom. The van der Waals surface area contributed by atoms with Crippen molar-refractivity contribution >= 4 is 0 Å². The van der Waals surface area contributed by atoms with Gasteiger partial charge in [-0.1, -0.05) is 0 Å². The van der Waals surface area contributed by atoms with Crippen molar-refractivity contribution in [2.45, 2.75) is 37.8 Å². The summed E-state index contributed by atoms with van der Waals surface area (Å²) in [5, 5.41) is 0. The first-order chi connectivity index (χ1) is 6.33. The van der Waals surface area contributed by atoms with Crippen LogP contribution in [0.4, 0.5) is 13.2 Å². The molecule has 0 amide bonds. The Balaban J connectivity index is 2.49. The van der Waals surface area contributed by atoms with E-state index in [9.17, 15) is 13.2 Å². The minimum Gasteiger partial charge on any atom is -0.350 e. The van der Waals surface area contributed by atoms with Crippen LogP contribution in [0.5, 0.6) is 0 Å². The largest absolute Gasteiger partial charge is 0.403 e. The van der Waals surface area contributed by atoms with Gasteiger partial charge in [0.05, 0.1) is 13.2 Å². The number of halogens is 3. The summed E-state index contributed by atoms with van der Waals surface area (Å²) in [5.74, 6) is -1.19. The van der Waals surface area contributed by atoms with Crippen LogP contribution in [0.2, 0.25) is 0 Å². The van der Waals surface area contributed by atoms with Crippen molar-refractivity contribution in [1.29, 1.82) is 0 Å². The molecule has 0 aliphatic carbocycles. The first-order valence-electron chi connectivity index (χ1n) is 4.44. The standard InChI is InChI=1S/C8H14F3NO2/c1-7(13-3-2-4-14-7)5-6(12)8(9,10)11/h6H,2-5,12H2,1H3. The quantitative estimate of drug-likeness (QED) is 0.754. The molecule has 1 atom stereocenters. The molecule has 1 rings (SSSR count). The molecule has 2 N–H and O–H groups in total. The van der Waals surface area contributed by atoms with E-state index >= 15 is 0 Å². The third-order valence-corrected chi connectivity index (χ3v) is 2.11. The van der Waals surface area contributed by atoms with Crippen LogP contribution in [0.1, 0.15) is 19.8 Å². The first kappa shape index (κ1) is 11.7. The molecule has 0 aromatic heterocycles. The highest BCUT2D eigenvalue weighted by Gasteiger charge is 2.43. The lowest BCUT2D eigenvalue weighted by Gasteiger charge is -2.36. The van der Waals surface area contributed by atoms with Crippen LogP contribution in [-0.4, -0.2) is 31.2 Å². The number of ether oxygens (including phenoxy) is 2. The second kappa shape index (κ2) is 4.04. The first-order valence-corrected chi connectivity index (χ1v) is 4.44. The monoisotopic (exact) mass is 213 g/mol. The van der Waals surface area contributed by atoms with E-state index in [0.29, 0.717) is 19.6 Å². The van der Waals surface area contributed by atoms with Crippen molar-refractivity contribution in [3.05, 3.63) is 0 Å². The highest BCUT2D eigenvalue weighted by atomic mass is 19.4. The number of hydrogen-bond acceptors (Lipinski definition) is 3. The average Bonchev–Trinajstić information content (AvgIpc) is 2.02. The molecule has 1 unspecified atom stereocenters. The van der Waals surface area contributed by atoms with Gasteiger partial charge in [-0.2, -0.15) is 13.2 Å². The maximum Gasteiger partial charge on any atom is 0.403 e. The third-order valence-electron chi connectivity index (χ3n) is 2.11. The van der Waals surface area contributed by atoms with Crippen LogP contribution in [-0.2, 0) is 9.47 Å². The van der Waals surface area contributed by atoms with Crippen molar-refractivity contribution in [3.8, 4) is 0 Å². The van der Waals surface area contributed by atoms with Gasteiger partial charge in [-0.05, 0) is 13.3 Å². The Morgan fingerprint density at radius 1 is 1.36 bits per heavy atom. The average molecular weight is 213 g/mol. The maximum absolute atomic E-state index is 12.1. The highest BCUT2D eigenvalue weighted by molar-refractivity contribution is 4.79. The van der Waals surface area contributed by atoms with Crippen LogP contribution in [0.3, 0.4) is 0 Å². The van der Waals surface area contributed by atoms with Gasteiger partial charge in [-0.3, -0.25) is 0 Å². The highest BCUT2D eigenvalue weighted by Crippen LogP contribution is 2.29. The lowest BCUT2D eigenvalue weighted by atomic mass is 10.1. The lowest BCUT2D eigenvalue weighted by Crippen LogP contribution is -2.48. The van der Waals surface area contributed by atoms with Crippen LogP contribution in [0, 0.1) is 0 Å². The van der Waals surface area contributed by atoms with E-state index in [1.54, 1.807) is 0 Å². The predicted octanol–water partition coefficient (Wildman–Crippen LogP) is 1.42. The second-order valence-electron chi connectivity index (χ2n) is 3.54. The minimum atomic E-state index is -4.40. The van der Waals surface area contributed by atoms with E-state index in [2.05, 4.69) is 0 Å². The molecule has 1 fully saturated rings. The zero-order valence-corrected chi connectivity index (χ0v) is 7.93. The lowest BCUT2D eigenvalue weighted by molar-refractivity contribution is -0.273. The van der Waals surface area contributed by atoms with Gasteiger partial charge in [-0.25, -0.2) is 0 Å². The summed E-state index contributed by atoms with van der Waals surface area (Å²) in [7, 11) is 0. The fourth-order valence-electron chi connectivity index (χ4n) is 1.31. The zero-order valence-electron chi connectivity index (χ0n) is 7.93. The summed E-state index contributed by atoms with van der Waals surface area (Å²) in [6.07, 6.45) is -4.06. The van der Waals surface area contributed by atoms with Gasteiger partial charge in [0, 0.05) is 6.42 Å². The molecule has 84 valence electrons. The molecule has 0 aromatic rings. The Morgan fingerprint density at radius 3 is 2.29 bits per heavy atom. The normalized spacial score (nSPS) is 24.6. The summed E-state index contributed by atoms with van der Waals surface area (Å²) in [4.78, 5) is 0. The molecule has 6 heteroatoms. The molecule has 0 radical (unpaired) electrons. The van der Waals surface area contributed by atoms with Gasteiger partial charge in [0.2, 0.25) is 0 Å². The van der Waals surface area contributed by atoms with Crippen molar-refractivity contribution < 1.29 is 22.6 Å². The summed E-state index contributed by atoms with van der Waals surface area (Å²) in [6, 6.07) is -1.90. The van der Waals surface area contributed by atoms with Gasteiger partial charge in [-0.15, -0.1) is 0 Å². The molecular weight excluding hydrogens is 199 g/mol. The van der Waals surface area contributed by atoms with E-state index in [0.717, 1.165) is 0 Å². The molecule has 1 heterocycles. The summed E-state index contributed by atoms with van der Waals surface area (Å²) in [6.45, 7) is 2.32. The Bertz CT molecular complexity index is 190. The third kappa shape index (κ3) is 3.11. The van der Waals surface area contributed by atoms with Gasteiger partial charge >= 0.3 is 6.18 Å². The molecule has 1 aliphatic heterocycles. The summed E-state index contributed by atoms with van der Waals surface area (Å²) >= 11 is 0. The maximum atomic E-state index is 12.1. The van der Waals surface area contributed by atoms with Gasteiger partial charge in [0.15, 0.2) is 5.79 Å². The Kier molecular flexibility index (Phi) is 3.39. The predicted molar refractivity (Wildman–Crippen MR) is 43.6 cm³/mol. The van der Waals surface area contributed by atoms with E-state index in [-0.39, 0.29) is 6.42 Å². The number of nitrogens with two attached hydrogens (primary N) is 1. The summed E-state index contributed by atoms with van der Waals surface area (Å²) < 4.78 is 46.7. The molecule has 0 spiro atoms. The van der Waals surface area contributed by atoms with E-state index < -0.39 is 18.0 Å². The minimum absolute atomic E-state index is 0.365. The van der Waals surface area contributed by atoms with Crippen LogP contribution in [0.15, 0.2) is 0 Å². The molecule has 3 nitrogen and oxygen atoms in total. The van der Waals surface area contributed by atoms with E-state index in [1.165, 1.54) is 6.92 Å². The van der Waals surface area contributed by atoms with Crippen molar-refractivity contribution in [2.75, 3.05) is 13.2 Å². The smallest absolute Gasteiger partial charge is 0.350 e. The topological polar surface area (TPSA) is 44.5 Å². The molecular formula is C8H14F3NO2. The fourth-order valence-corrected chi connectivity index (χ4v) is 1.31. The molecule has 0 aromatic carbocycles. The zero-order chi connectivity index (χ0) is 10.8. The van der Waals surface area contributed by atoms with E-state index in [4.69, 9.17) is 15.2 Å². The van der Waals surface area contributed by atoms with Crippen LogP contribution in [0.25, 0.3) is 0 Å². The summed E-state index contributed by atoms with van der Waals surface area (Å²) in [5.41, 5.74) is 4.98. The Labute approximate surface area is 80.4 Å². The van der Waals surface area contributed by atoms with Crippen molar-refractivity contribution in [2.24, 2.45) is 5.73 Å². The molecule has 1 saturated heterocycles. The van der Waals surface area contributed by atoms with Gasteiger partial charge in [0.25, 0.3) is 0 Å². The van der Waals surface area contributed by atoms with Gasteiger partial charge in [0.1, 0.15) is 6.04 Å². The number of alkyl halides is 3. The van der Waals surface area contributed by atoms with Crippen LogP contribution >= 0.6 is 0 Å².